The fourth-order valence-corrected chi connectivity index (χ4v) is 4.49. The van der Waals surface area contributed by atoms with Crippen molar-refractivity contribution in [2.75, 3.05) is 11.9 Å². The van der Waals surface area contributed by atoms with Crippen molar-refractivity contribution in [2.24, 2.45) is 7.05 Å². The minimum Gasteiger partial charge on any atom is -0.336 e. The molecule has 0 radical (unpaired) electrons. The highest BCUT2D eigenvalue weighted by Gasteiger charge is 2.28. The molecule has 1 aromatic carbocycles. The second-order valence-corrected chi connectivity index (χ2v) is 7.09. The maximum Gasteiger partial charge on any atom is 0.105 e. The van der Waals surface area contributed by atoms with E-state index in [1.807, 2.05) is 23.1 Å². The number of aromatic nitrogens is 2. The molecule has 0 atom stereocenters. The summed E-state index contributed by atoms with van der Waals surface area (Å²) in [6, 6.07) is 10.5. The van der Waals surface area contributed by atoms with E-state index < -0.39 is 0 Å². The van der Waals surface area contributed by atoms with Crippen molar-refractivity contribution in [1.82, 2.24) is 9.78 Å². The summed E-state index contributed by atoms with van der Waals surface area (Å²) in [5.74, 6) is 0. The second-order valence-electron chi connectivity index (χ2n) is 5.89. The quantitative estimate of drug-likeness (QED) is 0.703. The molecule has 0 fully saturated rings. The molecule has 112 valence electrons. The number of thiophene rings is 1. The molecule has 0 spiro atoms. The van der Waals surface area contributed by atoms with E-state index in [1.54, 1.807) is 0 Å². The van der Waals surface area contributed by atoms with Crippen LogP contribution >= 0.6 is 11.3 Å². The van der Waals surface area contributed by atoms with E-state index in [-0.39, 0.29) is 0 Å². The van der Waals surface area contributed by atoms with Gasteiger partial charge in [0.15, 0.2) is 0 Å². The van der Waals surface area contributed by atoms with Gasteiger partial charge in [-0.3, -0.25) is 4.68 Å². The van der Waals surface area contributed by atoms with Crippen LogP contribution in [0, 0.1) is 6.92 Å². The van der Waals surface area contributed by atoms with Gasteiger partial charge in [0.25, 0.3) is 0 Å². The number of aryl methyl sites for hydroxylation is 3. The molecule has 0 bridgehead atoms. The molecule has 2 aromatic heterocycles. The van der Waals surface area contributed by atoms with Crippen LogP contribution in [0.2, 0.25) is 0 Å². The maximum absolute atomic E-state index is 4.74. The number of anilines is 2. The summed E-state index contributed by atoms with van der Waals surface area (Å²) >= 11 is 1.88. The van der Waals surface area contributed by atoms with Gasteiger partial charge < -0.3 is 4.90 Å². The Bertz CT molecular complexity index is 830. The van der Waals surface area contributed by atoms with Crippen LogP contribution in [0.1, 0.15) is 16.0 Å². The fraction of sp³-hybridized carbons (Fsp3) is 0.278. The van der Waals surface area contributed by atoms with Crippen LogP contribution in [-0.4, -0.2) is 16.8 Å². The number of hydrogen-bond donors (Lipinski definition) is 0. The molecule has 3 nitrogen and oxygen atoms in total. The standard InChI is InChI=1S/C18H19N3S/c1-12-15-10-9-13-11-20(2)19-17(13)16(15)18(22-12)21(3)14-7-5-4-6-8-14/h4-8,11H,9-10H2,1-3H3. The lowest BCUT2D eigenvalue weighted by Gasteiger charge is -2.21. The van der Waals surface area contributed by atoms with Crippen LogP contribution in [0.5, 0.6) is 0 Å². The third-order valence-electron chi connectivity index (χ3n) is 4.42. The molecule has 0 saturated carbocycles. The third kappa shape index (κ3) is 1.98. The van der Waals surface area contributed by atoms with Crippen molar-refractivity contribution in [1.29, 1.82) is 0 Å². The summed E-state index contributed by atoms with van der Waals surface area (Å²) < 4.78 is 1.94. The van der Waals surface area contributed by atoms with E-state index in [4.69, 9.17) is 5.10 Å². The van der Waals surface area contributed by atoms with Gasteiger partial charge in [0, 0.05) is 36.4 Å². The first kappa shape index (κ1) is 13.6. The van der Waals surface area contributed by atoms with Crippen LogP contribution in [-0.2, 0) is 19.9 Å². The molecule has 0 saturated heterocycles. The van der Waals surface area contributed by atoms with Crippen molar-refractivity contribution in [3.05, 3.63) is 52.5 Å². The van der Waals surface area contributed by atoms with Crippen molar-refractivity contribution >= 4 is 22.0 Å². The van der Waals surface area contributed by atoms with Crippen LogP contribution in [0.15, 0.2) is 36.5 Å². The van der Waals surface area contributed by atoms with Crippen LogP contribution < -0.4 is 4.90 Å². The highest BCUT2D eigenvalue weighted by Crippen LogP contribution is 2.47. The van der Waals surface area contributed by atoms with E-state index in [0.29, 0.717) is 0 Å². The molecule has 2 heterocycles. The van der Waals surface area contributed by atoms with E-state index >= 15 is 0 Å². The van der Waals surface area contributed by atoms with Gasteiger partial charge in [0.1, 0.15) is 5.00 Å². The summed E-state index contributed by atoms with van der Waals surface area (Å²) in [4.78, 5) is 3.71. The van der Waals surface area contributed by atoms with Gasteiger partial charge in [-0.2, -0.15) is 5.10 Å². The molecule has 4 rings (SSSR count). The predicted molar refractivity (Wildman–Crippen MR) is 93.2 cm³/mol. The summed E-state index contributed by atoms with van der Waals surface area (Å²) in [7, 11) is 4.16. The maximum atomic E-state index is 4.74. The van der Waals surface area contributed by atoms with Gasteiger partial charge in [-0.1, -0.05) is 18.2 Å². The van der Waals surface area contributed by atoms with Gasteiger partial charge in [0.2, 0.25) is 0 Å². The SMILES string of the molecule is Cc1sc(N(C)c2ccccc2)c2c1CCc1cn(C)nc1-2. The number of nitrogens with zero attached hydrogens (tertiary/aromatic N) is 3. The molecule has 0 N–H and O–H groups in total. The number of fused-ring (bicyclic) bond motifs is 3. The molecule has 0 aliphatic heterocycles. The van der Waals surface area contributed by atoms with E-state index in [2.05, 4.69) is 55.4 Å². The molecule has 0 unspecified atom stereocenters. The highest BCUT2D eigenvalue weighted by molar-refractivity contribution is 7.17. The summed E-state index contributed by atoms with van der Waals surface area (Å²) in [5, 5.41) is 6.04. The Hall–Kier alpha value is -2.07. The summed E-state index contributed by atoms with van der Waals surface area (Å²) in [6.07, 6.45) is 4.39. The van der Waals surface area contributed by atoms with Crippen molar-refractivity contribution < 1.29 is 0 Å². The van der Waals surface area contributed by atoms with Crippen molar-refractivity contribution in [3.8, 4) is 11.3 Å². The lowest BCUT2D eigenvalue weighted by Crippen LogP contribution is -2.10. The smallest absolute Gasteiger partial charge is 0.105 e. The topological polar surface area (TPSA) is 21.1 Å². The molecular weight excluding hydrogens is 290 g/mol. The molecule has 4 heteroatoms. The first-order valence-corrected chi connectivity index (χ1v) is 8.40. The lowest BCUT2D eigenvalue weighted by atomic mass is 9.92. The first-order valence-electron chi connectivity index (χ1n) is 7.59. The largest absolute Gasteiger partial charge is 0.336 e. The molecule has 22 heavy (non-hydrogen) atoms. The Kier molecular flexibility index (Phi) is 3.08. The van der Waals surface area contributed by atoms with Crippen molar-refractivity contribution in [2.45, 2.75) is 19.8 Å². The van der Waals surface area contributed by atoms with Gasteiger partial charge in [0.05, 0.1) is 5.69 Å². The Morgan fingerprint density at radius 1 is 1.18 bits per heavy atom. The zero-order chi connectivity index (χ0) is 15.3. The zero-order valence-electron chi connectivity index (χ0n) is 13.1. The molecule has 0 amide bonds. The first-order chi connectivity index (χ1) is 10.6. The van der Waals surface area contributed by atoms with E-state index in [1.165, 1.54) is 37.9 Å². The van der Waals surface area contributed by atoms with Gasteiger partial charge in [-0.15, -0.1) is 11.3 Å². The average molecular weight is 309 g/mol. The summed E-state index contributed by atoms with van der Waals surface area (Å²) in [5.41, 5.74) is 6.58. The van der Waals surface area contributed by atoms with Crippen LogP contribution in [0.4, 0.5) is 10.7 Å². The number of benzene rings is 1. The predicted octanol–water partition coefficient (Wildman–Crippen LogP) is 4.32. The fourth-order valence-electron chi connectivity index (χ4n) is 3.30. The number of para-hydroxylation sites is 1. The Morgan fingerprint density at radius 3 is 2.73 bits per heavy atom. The van der Waals surface area contributed by atoms with Gasteiger partial charge in [-0.25, -0.2) is 0 Å². The minimum atomic E-state index is 1.10. The Labute approximate surface area is 134 Å². The normalized spacial score (nSPS) is 12.9. The van der Waals surface area contributed by atoms with Crippen molar-refractivity contribution in [3.63, 3.8) is 0 Å². The lowest BCUT2D eigenvalue weighted by molar-refractivity contribution is 0.770. The third-order valence-corrected chi connectivity index (χ3v) is 5.65. The Morgan fingerprint density at radius 2 is 1.95 bits per heavy atom. The highest BCUT2D eigenvalue weighted by atomic mass is 32.1. The van der Waals surface area contributed by atoms with Crippen LogP contribution in [0.25, 0.3) is 11.3 Å². The molecule has 3 aromatic rings. The van der Waals surface area contributed by atoms with Gasteiger partial charge >= 0.3 is 0 Å². The second kappa shape index (κ2) is 4.99. The summed E-state index contributed by atoms with van der Waals surface area (Å²) in [6.45, 7) is 2.24. The molecular formula is C18H19N3S. The molecule has 1 aliphatic rings. The molecule has 1 aliphatic carbocycles. The monoisotopic (exact) mass is 309 g/mol. The van der Waals surface area contributed by atoms with Gasteiger partial charge in [-0.05, 0) is 43.0 Å². The number of hydrogen-bond acceptors (Lipinski definition) is 3. The minimum absolute atomic E-state index is 1.10. The number of rotatable bonds is 2. The average Bonchev–Trinajstić information content (AvgIpc) is 3.07. The van der Waals surface area contributed by atoms with E-state index in [9.17, 15) is 0 Å². The Balaban J connectivity index is 1.90. The van der Waals surface area contributed by atoms with E-state index in [0.717, 1.165) is 12.8 Å². The zero-order valence-corrected chi connectivity index (χ0v) is 13.9. The van der Waals surface area contributed by atoms with Crippen LogP contribution in [0.3, 0.4) is 0 Å².